The second-order valence-electron chi connectivity index (χ2n) is 4.53. The molecule has 0 aliphatic rings. The lowest BCUT2D eigenvalue weighted by molar-refractivity contribution is 0.0690. The van der Waals surface area contributed by atoms with Gasteiger partial charge in [0, 0.05) is 11.5 Å². The molecule has 21 heavy (non-hydrogen) atoms. The van der Waals surface area contributed by atoms with Gasteiger partial charge in [0.05, 0.1) is 23.4 Å². The number of fused-ring (bicyclic) bond motifs is 1. The Kier molecular flexibility index (Phi) is 3.23. The number of carboxylic acid groups (broad SMARTS) is 1. The van der Waals surface area contributed by atoms with Crippen LogP contribution in [0.5, 0.6) is 0 Å². The Bertz CT molecular complexity index is 813. The van der Waals surface area contributed by atoms with Gasteiger partial charge >= 0.3 is 5.97 Å². The monoisotopic (exact) mass is 284 g/mol. The van der Waals surface area contributed by atoms with E-state index in [9.17, 15) is 9.90 Å². The summed E-state index contributed by atoms with van der Waals surface area (Å²) < 4.78 is 5.10. The largest absolute Gasteiger partial charge is 0.476 e. The average molecular weight is 284 g/mol. The average Bonchev–Trinajstić information content (AvgIpc) is 2.90. The zero-order valence-electron chi connectivity index (χ0n) is 11.2. The summed E-state index contributed by atoms with van der Waals surface area (Å²) in [5.74, 6) is -0.519. The van der Waals surface area contributed by atoms with Crippen LogP contribution < -0.4 is 5.32 Å². The molecule has 0 atom stereocenters. The molecule has 3 rings (SSSR count). The second kappa shape index (κ2) is 5.20. The number of hydrogen-bond acceptors (Lipinski definition) is 6. The maximum atomic E-state index is 11.3. The van der Waals surface area contributed by atoms with Crippen LogP contribution in [-0.2, 0) is 6.54 Å². The number of nitrogens with one attached hydrogen (secondary N) is 1. The van der Waals surface area contributed by atoms with E-state index in [2.05, 4.69) is 20.7 Å². The highest BCUT2D eigenvalue weighted by atomic mass is 16.5. The number of rotatable bonds is 4. The SMILES string of the molecule is Cc1cc(CNc2c(C(=O)O)nnc3ccccc23)on1. The fourth-order valence-corrected chi connectivity index (χ4v) is 2.06. The predicted octanol–water partition coefficient (Wildman–Crippen LogP) is 2.24. The number of carbonyl (C=O) groups is 1. The molecule has 3 aromatic rings. The van der Waals surface area contributed by atoms with Crippen LogP contribution in [0, 0.1) is 6.92 Å². The summed E-state index contributed by atoms with van der Waals surface area (Å²) in [6.45, 7) is 2.13. The molecule has 0 saturated heterocycles. The molecule has 7 heteroatoms. The van der Waals surface area contributed by atoms with Crippen LogP contribution in [0.3, 0.4) is 0 Å². The van der Waals surface area contributed by atoms with E-state index in [-0.39, 0.29) is 5.69 Å². The quantitative estimate of drug-likeness (QED) is 0.757. The van der Waals surface area contributed by atoms with Crippen LogP contribution in [0.2, 0.25) is 0 Å². The molecule has 0 bridgehead atoms. The standard InChI is InChI=1S/C14H12N4O3/c1-8-6-9(21-18-8)7-15-12-10-4-2-3-5-11(10)16-17-13(12)14(19)20/h2-6H,7H2,1H3,(H,15,16)(H,19,20). The third-order valence-corrected chi connectivity index (χ3v) is 2.99. The molecule has 106 valence electrons. The minimum absolute atomic E-state index is 0.120. The van der Waals surface area contributed by atoms with Crippen LogP contribution >= 0.6 is 0 Å². The van der Waals surface area contributed by atoms with Crippen molar-refractivity contribution in [2.75, 3.05) is 5.32 Å². The van der Waals surface area contributed by atoms with Gasteiger partial charge in [0.25, 0.3) is 0 Å². The number of aryl methyl sites for hydroxylation is 1. The van der Waals surface area contributed by atoms with E-state index in [0.29, 0.717) is 28.9 Å². The van der Waals surface area contributed by atoms with Crippen molar-refractivity contribution in [1.29, 1.82) is 0 Å². The first-order valence-corrected chi connectivity index (χ1v) is 6.30. The van der Waals surface area contributed by atoms with Crippen molar-refractivity contribution in [3.8, 4) is 0 Å². The van der Waals surface area contributed by atoms with Crippen molar-refractivity contribution < 1.29 is 14.4 Å². The number of aromatic nitrogens is 3. The first-order chi connectivity index (χ1) is 10.1. The highest BCUT2D eigenvalue weighted by Gasteiger charge is 2.16. The lowest BCUT2D eigenvalue weighted by Gasteiger charge is -2.09. The Morgan fingerprint density at radius 3 is 2.86 bits per heavy atom. The Morgan fingerprint density at radius 2 is 2.14 bits per heavy atom. The van der Waals surface area contributed by atoms with Crippen molar-refractivity contribution in [1.82, 2.24) is 15.4 Å². The van der Waals surface area contributed by atoms with Gasteiger partial charge in [-0.2, -0.15) is 0 Å². The van der Waals surface area contributed by atoms with Crippen LogP contribution in [0.15, 0.2) is 34.9 Å². The van der Waals surface area contributed by atoms with Gasteiger partial charge in [-0.05, 0) is 13.0 Å². The van der Waals surface area contributed by atoms with Gasteiger partial charge in [-0.1, -0.05) is 23.4 Å². The Labute approximate surface area is 119 Å². The zero-order valence-corrected chi connectivity index (χ0v) is 11.2. The molecule has 0 aliphatic carbocycles. The van der Waals surface area contributed by atoms with E-state index in [4.69, 9.17) is 4.52 Å². The third kappa shape index (κ3) is 2.53. The maximum absolute atomic E-state index is 11.3. The number of carboxylic acids is 1. The molecule has 0 saturated carbocycles. The smallest absolute Gasteiger partial charge is 0.358 e. The van der Waals surface area contributed by atoms with Crippen LogP contribution in [0.1, 0.15) is 21.9 Å². The van der Waals surface area contributed by atoms with Crippen molar-refractivity contribution in [3.63, 3.8) is 0 Å². The van der Waals surface area contributed by atoms with Crippen molar-refractivity contribution in [2.24, 2.45) is 0 Å². The zero-order chi connectivity index (χ0) is 14.8. The molecular weight excluding hydrogens is 272 g/mol. The summed E-state index contributed by atoms with van der Waals surface area (Å²) in [5, 5.41) is 24.5. The first kappa shape index (κ1) is 13.0. The van der Waals surface area contributed by atoms with E-state index in [0.717, 1.165) is 5.69 Å². The van der Waals surface area contributed by atoms with Gasteiger partial charge < -0.3 is 14.9 Å². The lowest BCUT2D eigenvalue weighted by Crippen LogP contribution is -2.10. The number of benzene rings is 1. The molecule has 1 aromatic carbocycles. The van der Waals surface area contributed by atoms with Crippen molar-refractivity contribution >= 4 is 22.6 Å². The van der Waals surface area contributed by atoms with Crippen LogP contribution in [0.25, 0.3) is 10.9 Å². The molecule has 0 amide bonds. The normalized spacial score (nSPS) is 10.7. The summed E-state index contributed by atoms with van der Waals surface area (Å²) in [6.07, 6.45) is 0. The van der Waals surface area contributed by atoms with E-state index < -0.39 is 5.97 Å². The molecule has 2 aromatic heterocycles. The summed E-state index contributed by atoms with van der Waals surface area (Å²) in [6, 6.07) is 8.99. The van der Waals surface area contributed by atoms with Crippen molar-refractivity contribution in [2.45, 2.75) is 13.5 Å². The summed E-state index contributed by atoms with van der Waals surface area (Å²) in [4.78, 5) is 11.3. The molecule has 0 spiro atoms. The minimum Gasteiger partial charge on any atom is -0.476 e. The maximum Gasteiger partial charge on any atom is 0.358 e. The molecule has 0 fully saturated rings. The third-order valence-electron chi connectivity index (χ3n) is 2.99. The first-order valence-electron chi connectivity index (χ1n) is 6.30. The van der Waals surface area contributed by atoms with Gasteiger partial charge in [-0.25, -0.2) is 4.79 Å². The second-order valence-corrected chi connectivity index (χ2v) is 4.53. The topological polar surface area (TPSA) is 101 Å². The predicted molar refractivity (Wildman–Crippen MR) is 75.1 cm³/mol. The molecule has 2 heterocycles. The molecule has 7 nitrogen and oxygen atoms in total. The number of nitrogens with zero attached hydrogens (tertiary/aromatic N) is 3. The van der Waals surface area contributed by atoms with Gasteiger partial charge in [0.15, 0.2) is 11.5 Å². The number of aromatic carboxylic acids is 1. The van der Waals surface area contributed by atoms with E-state index in [1.54, 1.807) is 18.2 Å². The summed E-state index contributed by atoms with van der Waals surface area (Å²) in [7, 11) is 0. The summed E-state index contributed by atoms with van der Waals surface area (Å²) in [5.41, 5.74) is 1.69. The molecule has 0 unspecified atom stereocenters. The fraction of sp³-hybridized carbons (Fsp3) is 0.143. The van der Waals surface area contributed by atoms with Crippen LogP contribution in [-0.4, -0.2) is 26.4 Å². The van der Waals surface area contributed by atoms with Gasteiger partial charge in [0.2, 0.25) is 0 Å². The minimum atomic E-state index is -1.13. The fourth-order valence-electron chi connectivity index (χ4n) is 2.06. The molecule has 0 radical (unpaired) electrons. The molecular formula is C14H12N4O3. The van der Waals surface area contributed by atoms with E-state index in [1.165, 1.54) is 0 Å². The van der Waals surface area contributed by atoms with E-state index >= 15 is 0 Å². The van der Waals surface area contributed by atoms with Gasteiger partial charge in [-0.15, -0.1) is 10.2 Å². The Morgan fingerprint density at radius 1 is 1.33 bits per heavy atom. The van der Waals surface area contributed by atoms with Gasteiger partial charge in [0.1, 0.15) is 0 Å². The van der Waals surface area contributed by atoms with E-state index in [1.807, 2.05) is 19.1 Å². The van der Waals surface area contributed by atoms with Crippen molar-refractivity contribution in [3.05, 3.63) is 47.5 Å². The molecule has 2 N–H and O–H groups in total. The number of hydrogen-bond donors (Lipinski definition) is 2. The Hall–Kier alpha value is -2.96. The highest BCUT2D eigenvalue weighted by Crippen LogP contribution is 2.24. The van der Waals surface area contributed by atoms with Gasteiger partial charge in [-0.3, -0.25) is 0 Å². The number of anilines is 1. The highest BCUT2D eigenvalue weighted by molar-refractivity contribution is 6.02. The Balaban J connectivity index is 2.01. The van der Waals surface area contributed by atoms with Crippen LogP contribution in [0.4, 0.5) is 5.69 Å². The summed E-state index contributed by atoms with van der Waals surface area (Å²) >= 11 is 0. The lowest BCUT2D eigenvalue weighted by atomic mass is 10.1. The molecule has 0 aliphatic heterocycles.